The number of aromatic nitrogens is 1. The minimum atomic E-state index is -4.44. The number of nitrogens with zero attached hydrogens (tertiary/aromatic N) is 1. The molecule has 0 saturated carbocycles. The van der Waals surface area contributed by atoms with Crippen LogP contribution in [0.5, 0.6) is 0 Å². The molecule has 0 aliphatic rings. The molecule has 1 aromatic heterocycles. The van der Waals surface area contributed by atoms with Crippen LogP contribution in [0.4, 0.5) is 22.0 Å². The quantitative estimate of drug-likeness (QED) is 0.398. The number of alkyl halides is 3. The highest BCUT2D eigenvalue weighted by molar-refractivity contribution is 5.93. The molecule has 1 N–H and O–H groups in total. The Morgan fingerprint density at radius 1 is 0.848 bits per heavy atom. The van der Waals surface area contributed by atoms with Crippen LogP contribution >= 0.6 is 0 Å². The van der Waals surface area contributed by atoms with Crippen molar-refractivity contribution in [3.8, 4) is 11.1 Å². The van der Waals surface area contributed by atoms with Crippen molar-refractivity contribution >= 4 is 16.9 Å². The van der Waals surface area contributed by atoms with Gasteiger partial charge in [0.15, 0.2) is 0 Å². The second kappa shape index (κ2) is 8.16. The smallest absolute Gasteiger partial charge is 0.416 e. The molecular formula is C24H14F5NO3. The predicted octanol–water partition coefficient (Wildman–Crippen LogP) is 5.71. The number of benzene rings is 3. The number of carboxylic acids is 1. The van der Waals surface area contributed by atoms with Crippen molar-refractivity contribution in [3.63, 3.8) is 0 Å². The van der Waals surface area contributed by atoms with Crippen molar-refractivity contribution in [2.24, 2.45) is 0 Å². The molecule has 0 fully saturated rings. The van der Waals surface area contributed by atoms with Gasteiger partial charge in [-0.15, -0.1) is 0 Å². The van der Waals surface area contributed by atoms with E-state index < -0.39 is 45.7 Å². The van der Waals surface area contributed by atoms with E-state index in [0.717, 1.165) is 35.0 Å². The second-order valence-corrected chi connectivity index (χ2v) is 7.33. The SMILES string of the molecule is O=C(O)c1cn(Cc2ccc(-c3ccc(C(F)(F)F)cc3)cc2)c2c(F)ccc(F)c2c1=O. The fraction of sp³-hybridized carbons (Fsp3) is 0.0833. The maximum atomic E-state index is 14.5. The van der Waals surface area contributed by atoms with Crippen molar-refractivity contribution < 1.29 is 31.9 Å². The Labute approximate surface area is 183 Å². The minimum Gasteiger partial charge on any atom is -0.477 e. The summed E-state index contributed by atoms with van der Waals surface area (Å²) in [5.41, 5.74) is -1.22. The first-order valence-electron chi connectivity index (χ1n) is 9.57. The van der Waals surface area contributed by atoms with Gasteiger partial charge in [-0.2, -0.15) is 13.2 Å². The summed E-state index contributed by atoms with van der Waals surface area (Å²) >= 11 is 0. The summed E-state index contributed by atoms with van der Waals surface area (Å²) < 4.78 is 68.1. The Morgan fingerprint density at radius 3 is 1.94 bits per heavy atom. The van der Waals surface area contributed by atoms with Gasteiger partial charge in [0.2, 0.25) is 5.43 Å². The zero-order valence-electron chi connectivity index (χ0n) is 16.7. The summed E-state index contributed by atoms with van der Waals surface area (Å²) in [6.45, 7) is -0.0786. The Balaban J connectivity index is 1.72. The van der Waals surface area contributed by atoms with Gasteiger partial charge >= 0.3 is 12.1 Å². The van der Waals surface area contributed by atoms with Gasteiger partial charge in [-0.3, -0.25) is 4.79 Å². The molecule has 9 heteroatoms. The van der Waals surface area contributed by atoms with Gasteiger partial charge in [0.05, 0.1) is 16.5 Å². The lowest BCUT2D eigenvalue weighted by molar-refractivity contribution is -0.137. The third-order valence-corrected chi connectivity index (χ3v) is 5.20. The highest BCUT2D eigenvalue weighted by Gasteiger charge is 2.30. The Bertz CT molecular complexity index is 1420. The van der Waals surface area contributed by atoms with Gasteiger partial charge in [0, 0.05) is 12.7 Å². The van der Waals surface area contributed by atoms with Gasteiger partial charge < -0.3 is 9.67 Å². The Morgan fingerprint density at radius 2 is 1.39 bits per heavy atom. The maximum absolute atomic E-state index is 14.5. The van der Waals surface area contributed by atoms with Crippen molar-refractivity contribution in [1.82, 2.24) is 4.57 Å². The molecule has 0 atom stereocenters. The first-order chi connectivity index (χ1) is 15.6. The van der Waals surface area contributed by atoms with Gasteiger partial charge in [0.1, 0.15) is 17.2 Å². The fourth-order valence-corrected chi connectivity index (χ4v) is 3.58. The predicted molar refractivity (Wildman–Crippen MR) is 111 cm³/mol. The van der Waals surface area contributed by atoms with E-state index >= 15 is 0 Å². The highest BCUT2D eigenvalue weighted by Crippen LogP contribution is 2.31. The van der Waals surface area contributed by atoms with Crippen LogP contribution in [0.25, 0.3) is 22.0 Å². The van der Waals surface area contributed by atoms with E-state index in [4.69, 9.17) is 0 Å². The normalized spacial score (nSPS) is 11.7. The van der Waals surface area contributed by atoms with E-state index in [-0.39, 0.29) is 12.1 Å². The van der Waals surface area contributed by atoms with Crippen molar-refractivity contribution in [1.29, 1.82) is 0 Å². The number of carboxylic acid groups (broad SMARTS) is 1. The van der Waals surface area contributed by atoms with Gasteiger partial charge in [0.25, 0.3) is 0 Å². The third kappa shape index (κ3) is 4.21. The number of hydrogen-bond acceptors (Lipinski definition) is 2. The molecule has 33 heavy (non-hydrogen) atoms. The van der Waals surface area contributed by atoms with Crippen LogP contribution in [-0.4, -0.2) is 15.6 Å². The van der Waals surface area contributed by atoms with Crippen LogP contribution in [-0.2, 0) is 12.7 Å². The molecule has 0 saturated heterocycles. The molecule has 0 amide bonds. The van der Waals surface area contributed by atoms with E-state index in [1.54, 1.807) is 24.3 Å². The number of aromatic carboxylic acids is 1. The summed E-state index contributed by atoms with van der Waals surface area (Å²) in [4.78, 5) is 23.8. The average molecular weight is 459 g/mol. The molecule has 0 unspecified atom stereocenters. The number of carbonyl (C=O) groups is 1. The van der Waals surface area contributed by atoms with Crippen molar-refractivity contribution in [2.75, 3.05) is 0 Å². The first kappa shape index (κ1) is 22.2. The minimum absolute atomic E-state index is 0.0786. The molecule has 3 aromatic carbocycles. The third-order valence-electron chi connectivity index (χ3n) is 5.20. The number of pyridine rings is 1. The molecule has 0 aliphatic heterocycles. The monoisotopic (exact) mass is 459 g/mol. The van der Waals surface area contributed by atoms with E-state index in [1.807, 2.05) is 0 Å². The van der Waals surface area contributed by atoms with E-state index in [1.165, 1.54) is 12.1 Å². The summed E-state index contributed by atoms with van der Waals surface area (Å²) in [7, 11) is 0. The lowest BCUT2D eigenvalue weighted by Gasteiger charge is -2.14. The number of hydrogen-bond donors (Lipinski definition) is 1. The molecule has 0 bridgehead atoms. The molecule has 4 aromatic rings. The zero-order chi connectivity index (χ0) is 23.9. The van der Waals surface area contributed by atoms with Crippen LogP contribution in [0, 0.1) is 11.6 Å². The number of halogens is 5. The maximum Gasteiger partial charge on any atom is 0.416 e. The zero-order valence-corrected chi connectivity index (χ0v) is 16.7. The molecular weight excluding hydrogens is 445 g/mol. The van der Waals surface area contributed by atoms with Crippen molar-refractivity contribution in [2.45, 2.75) is 12.7 Å². The molecule has 168 valence electrons. The van der Waals surface area contributed by atoms with Crippen LogP contribution < -0.4 is 5.43 Å². The molecule has 0 aliphatic carbocycles. The molecule has 1 heterocycles. The Hall–Kier alpha value is -4.01. The second-order valence-electron chi connectivity index (χ2n) is 7.33. The lowest BCUT2D eigenvalue weighted by Crippen LogP contribution is -2.21. The van der Waals surface area contributed by atoms with Crippen LogP contribution in [0.15, 0.2) is 71.7 Å². The molecule has 0 spiro atoms. The highest BCUT2D eigenvalue weighted by atomic mass is 19.4. The Kier molecular flexibility index (Phi) is 5.49. The van der Waals surface area contributed by atoms with Crippen LogP contribution in [0.3, 0.4) is 0 Å². The summed E-state index contributed by atoms with van der Waals surface area (Å²) in [6, 6.07) is 12.7. The summed E-state index contributed by atoms with van der Waals surface area (Å²) in [5, 5.41) is 8.65. The molecule has 4 nitrogen and oxygen atoms in total. The van der Waals surface area contributed by atoms with Crippen molar-refractivity contribution in [3.05, 3.63) is 105 Å². The topological polar surface area (TPSA) is 59.3 Å². The lowest BCUT2D eigenvalue weighted by atomic mass is 10.0. The van der Waals surface area contributed by atoms with E-state index in [9.17, 15) is 36.6 Å². The van der Waals surface area contributed by atoms with Crippen LogP contribution in [0.1, 0.15) is 21.5 Å². The van der Waals surface area contributed by atoms with Gasteiger partial charge in [-0.25, -0.2) is 13.6 Å². The van der Waals surface area contributed by atoms with E-state index in [2.05, 4.69) is 0 Å². The largest absolute Gasteiger partial charge is 0.477 e. The fourth-order valence-electron chi connectivity index (χ4n) is 3.58. The molecule has 0 radical (unpaired) electrons. The number of rotatable bonds is 4. The first-order valence-corrected chi connectivity index (χ1v) is 9.57. The van der Waals surface area contributed by atoms with Gasteiger partial charge in [-0.1, -0.05) is 36.4 Å². The van der Waals surface area contributed by atoms with Crippen LogP contribution in [0.2, 0.25) is 0 Å². The standard InChI is InChI=1S/C24H14F5NO3/c25-18-9-10-19(26)21-20(18)22(31)17(23(32)33)12-30(21)11-13-1-3-14(4-2-13)15-5-7-16(8-6-15)24(27,28)29/h1-10,12H,11H2,(H,32,33). The average Bonchev–Trinajstić information content (AvgIpc) is 2.77. The number of fused-ring (bicyclic) bond motifs is 1. The van der Waals surface area contributed by atoms with Gasteiger partial charge in [-0.05, 0) is 41.0 Å². The molecule has 4 rings (SSSR count). The summed E-state index contributed by atoms with van der Waals surface area (Å²) in [6.07, 6.45) is -3.48. The van der Waals surface area contributed by atoms with E-state index in [0.29, 0.717) is 16.7 Å². The summed E-state index contributed by atoms with van der Waals surface area (Å²) in [5.74, 6) is -3.50.